The highest BCUT2D eigenvalue weighted by atomic mass is 19.3. The van der Waals surface area contributed by atoms with Gasteiger partial charge in [0.25, 0.3) is 0 Å². The lowest BCUT2D eigenvalue weighted by molar-refractivity contribution is -0.126. The molecule has 0 radical (unpaired) electrons. The van der Waals surface area contributed by atoms with Gasteiger partial charge in [0.1, 0.15) is 5.75 Å². The highest BCUT2D eigenvalue weighted by Gasteiger charge is 2.35. The number of piperidine rings is 2. The second-order valence-electron chi connectivity index (χ2n) is 6.31. The fraction of sp³-hybridized carbons (Fsp3) is 0.588. The first-order valence-electron chi connectivity index (χ1n) is 8.33. The van der Waals surface area contributed by atoms with Crippen molar-refractivity contribution in [2.24, 2.45) is 0 Å². The fourth-order valence-electron chi connectivity index (χ4n) is 3.53. The lowest BCUT2D eigenvalue weighted by atomic mass is 9.98. The van der Waals surface area contributed by atoms with E-state index >= 15 is 0 Å². The predicted molar refractivity (Wildman–Crippen MR) is 85.3 cm³/mol. The molecule has 2 atom stereocenters. The van der Waals surface area contributed by atoms with E-state index in [1.165, 1.54) is 12.1 Å². The lowest BCUT2D eigenvalue weighted by Crippen LogP contribution is -2.55. The first kappa shape index (κ1) is 17.1. The molecule has 2 aliphatic rings. The van der Waals surface area contributed by atoms with Gasteiger partial charge in [-0.25, -0.2) is 0 Å². The van der Waals surface area contributed by atoms with Gasteiger partial charge in [-0.1, -0.05) is 0 Å². The van der Waals surface area contributed by atoms with Gasteiger partial charge in [-0.3, -0.25) is 9.69 Å². The molecule has 2 fully saturated rings. The Morgan fingerprint density at radius 2 is 1.83 bits per heavy atom. The fourth-order valence-corrected chi connectivity index (χ4v) is 3.53. The van der Waals surface area contributed by atoms with Crippen LogP contribution in [0.2, 0.25) is 0 Å². The zero-order valence-corrected chi connectivity index (χ0v) is 13.4. The summed E-state index contributed by atoms with van der Waals surface area (Å²) < 4.78 is 28.8. The Bertz CT molecular complexity index is 567. The molecule has 24 heavy (non-hydrogen) atoms. The lowest BCUT2D eigenvalue weighted by Gasteiger charge is -2.41. The minimum Gasteiger partial charge on any atom is -0.435 e. The molecule has 0 aliphatic carbocycles. The second kappa shape index (κ2) is 7.44. The summed E-state index contributed by atoms with van der Waals surface area (Å²) in [6, 6.07) is 5.93. The maximum atomic E-state index is 12.8. The first-order valence-corrected chi connectivity index (χ1v) is 8.33. The van der Waals surface area contributed by atoms with Crippen LogP contribution in [-0.2, 0) is 4.79 Å². The molecule has 3 rings (SSSR count). The molecule has 1 aromatic rings. The summed E-state index contributed by atoms with van der Waals surface area (Å²) in [4.78, 5) is 16.6. The van der Waals surface area contributed by atoms with Crippen molar-refractivity contribution < 1.29 is 23.4 Å². The van der Waals surface area contributed by atoms with Crippen LogP contribution in [0.4, 0.5) is 14.5 Å². The zero-order chi connectivity index (χ0) is 17.1. The van der Waals surface area contributed by atoms with Crippen molar-refractivity contribution in [3.05, 3.63) is 24.3 Å². The maximum absolute atomic E-state index is 12.8. The molecule has 0 saturated carbocycles. The molecule has 132 valence electrons. The van der Waals surface area contributed by atoms with E-state index in [9.17, 15) is 18.7 Å². The molecule has 2 aliphatic heterocycles. The van der Waals surface area contributed by atoms with Crippen LogP contribution in [0.25, 0.3) is 0 Å². The number of rotatable bonds is 4. The van der Waals surface area contributed by atoms with Crippen LogP contribution in [0.5, 0.6) is 5.75 Å². The number of carbonyl (C=O) groups excluding carboxylic acids is 1. The van der Waals surface area contributed by atoms with E-state index in [2.05, 4.69) is 9.64 Å². The second-order valence-corrected chi connectivity index (χ2v) is 6.31. The van der Waals surface area contributed by atoms with E-state index in [1.807, 2.05) is 0 Å². The maximum Gasteiger partial charge on any atom is 0.387 e. The van der Waals surface area contributed by atoms with E-state index < -0.39 is 6.61 Å². The Morgan fingerprint density at radius 3 is 2.50 bits per heavy atom. The van der Waals surface area contributed by atoms with E-state index in [0.717, 1.165) is 32.2 Å². The summed E-state index contributed by atoms with van der Waals surface area (Å²) in [5.41, 5.74) is 0.684. The molecule has 0 bridgehead atoms. The van der Waals surface area contributed by atoms with Gasteiger partial charge in [-0.05, 0) is 56.5 Å². The average molecular weight is 340 g/mol. The van der Waals surface area contributed by atoms with E-state index in [4.69, 9.17) is 0 Å². The Kier molecular flexibility index (Phi) is 5.30. The molecular formula is C17H22F2N2O3. The number of alkyl halides is 2. The molecule has 0 unspecified atom stereocenters. The van der Waals surface area contributed by atoms with Crippen LogP contribution in [0, 0.1) is 0 Å². The van der Waals surface area contributed by atoms with Crippen molar-refractivity contribution in [1.29, 1.82) is 0 Å². The number of aliphatic hydroxyl groups excluding tert-OH is 1. The SMILES string of the molecule is O=C1[C@@H](N2CCC[C@@H](O)C2)CCCN1c1ccc(OC(F)F)cc1. The Balaban J connectivity index is 1.70. The normalized spacial score (nSPS) is 26.0. The Labute approximate surface area is 139 Å². The highest BCUT2D eigenvalue weighted by molar-refractivity contribution is 5.98. The third-order valence-corrected chi connectivity index (χ3v) is 4.65. The number of aliphatic hydroxyl groups is 1. The topological polar surface area (TPSA) is 53.0 Å². The van der Waals surface area contributed by atoms with Crippen molar-refractivity contribution in [1.82, 2.24) is 4.90 Å². The molecule has 0 spiro atoms. The van der Waals surface area contributed by atoms with Gasteiger partial charge in [0, 0.05) is 18.8 Å². The predicted octanol–water partition coefficient (Wildman–Crippen LogP) is 2.24. The average Bonchev–Trinajstić information content (AvgIpc) is 2.55. The number of hydrogen-bond donors (Lipinski definition) is 1. The molecule has 1 N–H and O–H groups in total. The summed E-state index contributed by atoms with van der Waals surface area (Å²) in [5, 5.41) is 9.84. The van der Waals surface area contributed by atoms with Crippen molar-refractivity contribution in [2.75, 3.05) is 24.5 Å². The molecule has 5 nitrogen and oxygen atoms in total. The van der Waals surface area contributed by atoms with E-state index in [0.29, 0.717) is 18.8 Å². The number of hydrogen-bond acceptors (Lipinski definition) is 4. The van der Waals surface area contributed by atoms with Crippen LogP contribution in [0.1, 0.15) is 25.7 Å². The minimum atomic E-state index is -2.86. The molecule has 1 amide bonds. The quantitative estimate of drug-likeness (QED) is 0.913. The number of likely N-dealkylation sites (tertiary alicyclic amines) is 1. The summed E-state index contributed by atoms with van der Waals surface area (Å²) in [5.74, 6) is 0.0896. The van der Waals surface area contributed by atoms with Crippen molar-refractivity contribution in [3.63, 3.8) is 0 Å². The summed E-state index contributed by atoms with van der Waals surface area (Å²) >= 11 is 0. The van der Waals surface area contributed by atoms with Gasteiger partial charge in [0.2, 0.25) is 5.91 Å². The Hall–Kier alpha value is -1.73. The molecule has 2 heterocycles. The van der Waals surface area contributed by atoms with Gasteiger partial charge in [-0.2, -0.15) is 8.78 Å². The summed E-state index contributed by atoms with van der Waals surface area (Å²) in [6.45, 7) is -0.892. The van der Waals surface area contributed by atoms with Crippen LogP contribution in [0.15, 0.2) is 24.3 Å². The molecule has 7 heteroatoms. The summed E-state index contributed by atoms with van der Waals surface area (Å²) in [7, 11) is 0. The molecule has 1 aromatic carbocycles. The minimum absolute atomic E-state index is 0.0119. The zero-order valence-electron chi connectivity index (χ0n) is 13.4. The number of ether oxygens (including phenoxy) is 1. The van der Waals surface area contributed by atoms with Crippen LogP contribution in [-0.4, -0.2) is 54.3 Å². The monoisotopic (exact) mass is 340 g/mol. The first-order chi connectivity index (χ1) is 11.5. The highest BCUT2D eigenvalue weighted by Crippen LogP contribution is 2.27. The standard InChI is InChI=1S/C17H22F2N2O3/c18-17(19)24-14-7-5-12(6-8-14)21-10-2-4-15(16(21)23)20-9-1-3-13(22)11-20/h5-8,13,15,17,22H,1-4,9-11H2/t13-,15+/m1/s1. The summed E-state index contributed by atoms with van der Waals surface area (Å²) in [6.07, 6.45) is 2.97. The molecule has 0 aromatic heterocycles. The van der Waals surface area contributed by atoms with Crippen molar-refractivity contribution >= 4 is 11.6 Å². The van der Waals surface area contributed by atoms with Crippen molar-refractivity contribution in [3.8, 4) is 5.75 Å². The largest absolute Gasteiger partial charge is 0.435 e. The third kappa shape index (κ3) is 3.84. The van der Waals surface area contributed by atoms with E-state index in [1.54, 1.807) is 17.0 Å². The molecule has 2 saturated heterocycles. The Morgan fingerprint density at radius 1 is 1.12 bits per heavy atom. The number of amides is 1. The van der Waals surface area contributed by atoms with E-state index in [-0.39, 0.29) is 23.8 Å². The number of nitrogens with zero attached hydrogens (tertiary/aromatic N) is 2. The molecular weight excluding hydrogens is 318 g/mol. The number of carbonyl (C=O) groups is 1. The van der Waals surface area contributed by atoms with Gasteiger partial charge < -0.3 is 14.7 Å². The van der Waals surface area contributed by atoms with Gasteiger partial charge in [-0.15, -0.1) is 0 Å². The number of halogens is 2. The number of β-amino-alcohol motifs (C(OH)–C–C–N with tert-alkyl or cyclic N) is 1. The van der Waals surface area contributed by atoms with Gasteiger partial charge in [0.05, 0.1) is 12.1 Å². The smallest absolute Gasteiger partial charge is 0.387 e. The van der Waals surface area contributed by atoms with Gasteiger partial charge >= 0.3 is 6.61 Å². The van der Waals surface area contributed by atoms with Crippen LogP contribution >= 0.6 is 0 Å². The third-order valence-electron chi connectivity index (χ3n) is 4.65. The van der Waals surface area contributed by atoms with Crippen LogP contribution in [0.3, 0.4) is 0 Å². The van der Waals surface area contributed by atoms with Gasteiger partial charge in [0.15, 0.2) is 0 Å². The van der Waals surface area contributed by atoms with Crippen molar-refractivity contribution in [2.45, 2.75) is 44.4 Å². The van der Waals surface area contributed by atoms with Crippen LogP contribution < -0.4 is 9.64 Å². The number of anilines is 1. The number of benzene rings is 1.